The van der Waals surface area contributed by atoms with Crippen LogP contribution in [0.15, 0.2) is 0 Å². The number of hydrogen-bond acceptors (Lipinski definition) is 2. The number of carbonyl (C=O) groups is 2. The van der Waals surface area contributed by atoms with Gasteiger partial charge in [0.25, 0.3) is 0 Å². The summed E-state index contributed by atoms with van der Waals surface area (Å²) in [6.45, 7) is 0.185. The first kappa shape index (κ1) is 15.1. The van der Waals surface area contributed by atoms with Crippen LogP contribution >= 0.6 is 0 Å². The van der Waals surface area contributed by atoms with E-state index in [1.807, 2.05) is 0 Å². The molecule has 0 spiro atoms. The molecule has 2 amide bonds. The fourth-order valence-electron chi connectivity index (χ4n) is 3.02. The van der Waals surface area contributed by atoms with Gasteiger partial charge in [0.05, 0.1) is 6.54 Å². The van der Waals surface area contributed by atoms with Crippen LogP contribution in [0, 0.1) is 5.92 Å². The van der Waals surface area contributed by atoms with E-state index in [1.54, 1.807) is 0 Å². The average molecular weight is 292 g/mol. The molecule has 0 unspecified atom stereocenters. The minimum Gasteiger partial charge on any atom is -0.343 e. The monoisotopic (exact) mass is 292 g/mol. The Labute approximate surface area is 115 Å². The quantitative estimate of drug-likeness (QED) is 0.859. The smallest absolute Gasteiger partial charge is 0.343 e. The van der Waals surface area contributed by atoms with Crippen LogP contribution in [0.4, 0.5) is 13.2 Å². The Balaban J connectivity index is 1.93. The molecule has 2 aliphatic rings. The van der Waals surface area contributed by atoms with E-state index in [9.17, 15) is 22.8 Å². The Morgan fingerprint density at radius 2 is 1.95 bits per heavy atom. The number of likely N-dealkylation sites (tertiary alicyclic amines) is 1. The van der Waals surface area contributed by atoms with Crippen LogP contribution in [-0.4, -0.2) is 42.0 Å². The maximum atomic E-state index is 13.0. The summed E-state index contributed by atoms with van der Waals surface area (Å²) in [6.07, 6.45) is -0.856. The molecule has 0 aromatic heterocycles. The molecule has 1 saturated carbocycles. The fraction of sp³-hybridized carbons (Fsp3) is 0.846. The summed E-state index contributed by atoms with van der Waals surface area (Å²) in [7, 11) is 0. The van der Waals surface area contributed by atoms with Crippen molar-refractivity contribution in [1.82, 2.24) is 10.2 Å². The number of nitrogens with one attached hydrogen (secondary N) is 1. The van der Waals surface area contributed by atoms with Gasteiger partial charge in [0, 0.05) is 13.0 Å². The molecule has 0 aromatic rings. The third kappa shape index (κ3) is 3.64. The van der Waals surface area contributed by atoms with Crippen LogP contribution in [0.3, 0.4) is 0 Å². The van der Waals surface area contributed by atoms with Crippen LogP contribution in [0.1, 0.15) is 38.5 Å². The molecule has 1 atom stereocenters. The molecule has 1 aliphatic carbocycles. The molecule has 1 N–H and O–H groups in total. The van der Waals surface area contributed by atoms with Crippen LogP contribution in [-0.2, 0) is 9.59 Å². The number of carbonyl (C=O) groups excluding carboxylic acids is 2. The summed E-state index contributed by atoms with van der Waals surface area (Å²) in [5, 5.41) is 2.09. The van der Waals surface area contributed by atoms with Gasteiger partial charge in [-0.25, -0.2) is 0 Å². The van der Waals surface area contributed by atoms with E-state index >= 15 is 0 Å². The predicted octanol–water partition coefficient (Wildman–Crippen LogP) is 1.85. The minimum absolute atomic E-state index is 0.162. The van der Waals surface area contributed by atoms with Gasteiger partial charge in [-0.05, 0) is 25.2 Å². The van der Waals surface area contributed by atoms with Crippen molar-refractivity contribution >= 4 is 11.8 Å². The Hall–Kier alpha value is -1.27. The van der Waals surface area contributed by atoms with Gasteiger partial charge in [-0.1, -0.05) is 12.8 Å². The van der Waals surface area contributed by atoms with E-state index in [2.05, 4.69) is 5.32 Å². The van der Waals surface area contributed by atoms with Crippen molar-refractivity contribution in [3.8, 4) is 0 Å². The number of rotatable bonds is 4. The first-order chi connectivity index (χ1) is 9.38. The molecular formula is C13H19F3N2O2. The molecule has 1 heterocycles. The zero-order valence-electron chi connectivity index (χ0n) is 11.2. The first-order valence-electron chi connectivity index (χ1n) is 7.02. The molecule has 114 valence electrons. The number of amides is 2. The third-order valence-electron chi connectivity index (χ3n) is 4.05. The van der Waals surface area contributed by atoms with Crippen molar-refractivity contribution in [2.24, 2.45) is 5.92 Å². The zero-order valence-corrected chi connectivity index (χ0v) is 11.2. The maximum absolute atomic E-state index is 13.0. The van der Waals surface area contributed by atoms with Crippen molar-refractivity contribution in [2.45, 2.75) is 50.7 Å². The lowest BCUT2D eigenvalue weighted by molar-refractivity contribution is -0.172. The summed E-state index contributed by atoms with van der Waals surface area (Å²) in [5.74, 6) is -1.41. The molecule has 2 fully saturated rings. The van der Waals surface area contributed by atoms with E-state index in [1.165, 1.54) is 4.90 Å². The average Bonchev–Trinajstić information content (AvgIpc) is 2.97. The highest BCUT2D eigenvalue weighted by molar-refractivity contribution is 5.86. The van der Waals surface area contributed by atoms with E-state index in [-0.39, 0.29) is 12.5 Å². The lowest BCUT2D eigenvalue weighted by Gasteiger charge is -2.27. The van der Waals surface area contributed by atoms with Gasteiger partial charge >= 0.3 is 6.18 Å². The molecule has 0 aromatic carbocycles. The Bertz CT molecular complexity index is 378. The first-order valence-corrected chi connectivity index (χ1v) is 7.02. The van der Waals surface area contributed by atoms with E-state index in [4.69, 9.17) is 0 Å². The highest BCUT2D eigenvalue weighted by Crippen LogP contribution is 2.35. The SMILES string of the molecule is O=C(CN1CCCC1=O)N[C@@H](C1CCCC1)C(F)(F)F. The lowest BCUT2D eigenvalue weighted by atomic mass is 9.97. The van der Waals surface area contributed by atoms with Crippen molar-refractivity contribution in [3.05, 3.63) is 0 Å². The number of halogens is 3. The number of nitrogens with zero attached hydrogens (tertiary/aromatic N) is 1. The summed E-state index contributed by atoms with van der Waals surface area (Å²) >= 11 is 0. The van der Waals surface area contributed by atoms with Gasteiger partial charge in [0.15, 0.2) is 0 Å². The molecule has 4 nitrogen and oxygen atoms in total. The van der Waals surface area contributed by atoms with Gasteiger partial charge in [0.2, 0.25) is 11.8 Å². The zero-order chi connectivity index (χ0) is 14.8. The molecule has 20 heavy (non-hydrogen) atoms. The van der Waals surface area contributed by atoms with Gasteiger partial charge in [0.1, 0.15) is 6.04 Å². The Kier molecular flexibility index (Phi) is 4.55. The summed E-state index contributed by atoms with van der Waals surface area (Å²) in [6, 6.07) is -1.78. The highest BCUT2D eigenvalue weighted by Gasteiger charge is 2.46. The molecule has 2 rings (SSSR count). The number of hydrogen-bond donors (Lipinski definition) is 1. The normalized spacial score (nSPS) is 22.4. The summed E-state index contributed by atoms with van der Waals surface area (Å²) < 4.78 is 39.1. The Morgan fingerprint density at radius 1 is 1.30 bits per heavy atom. The molecule has 7 heteroatoms. The van der Waals surface area contributed by atoms with Gasteiger partial charge in [-0.2, -0.15) is 13.2 Å². The summed E-state index contributed by atoms with van der Waals surface area (Å²) in [5.41, 5.74) is 0. The molecule has 1 saturated heterocycles. The summed E-state index contributed by atoms with van der Waals surface area (Å²) in [4.78, 5) is 24.4. The molecule has 1 aliphatic heterocycles. The molecule has 0 radical (unpaired) electrons. The topological polar surface area (TPSA) is 49.4 Å². The van der Waals surface area contributed by atoms with Crippen molar-refractivity contribution in [2.75, 3.05) is 13.1 Å². The van der Waals surface area contributed by atoms with Crippen LogP contribution in [0.2, 0.25) is 0 Å². The van der Waals surface area contributed by atoms with E-state index in [0.717, 1.165) is 12.8 Å². The van der Waals surface area contributed by atoms with Crippen LogP contribution in [0.25, 0.3) is 0 Å². The third-order valence-corrected chi connectivity index (χ3v) is 4.05. The van der Waals surface area contributed by atoms with Gasteiger partial charge in [-0.3, -0.25) is 9.59 Å². The Morgan fingerprint density at radius 3 is 2.45 bits per heavy atom. The van der Waals surface area contributed by atoms with Crippen molar-refractivity contribution < 1.29 is 22.8 Å². The predicted molar refractivity (Wildman–Crippen MR) is 65.8 cm³/mol. The second-order valence-corrected chi connectivity index (χ2v) is 5.55. The second kappa shape index (κ2) is 6.01. The molecule has 0 bridgehead atoms. The van der Waals surface area contributed by atoms with Crippen molar-refractivity contribution in [3.63, 3.8) is 0 Å². The second-order valence-electron chi connectivity index (χ2n) is 5.55. The van der Waals surface area contributed by atoms with Crippen LogP contribution in [0.5, 0.6) is 0 Å². The highest BCUT2D eigenvalue weighted by atomic mass is 19.4. The fourth-order valence-corrected chi connectivity index (χ4v) is 3.02. The van der Waals surface area contributed by atoms with Crippen LogP contribution < -0.4 is 5.32 Å². The maximum Gasteiger partial charge on any atom is 0.408 e. The largest absolute Gasteiger partial charge is 0.408 e. The minimum atomic E-state index is -4.43. The number of alkyl halides is 3. The lowest BCUT2D eigenvalue weighted by Crippen LogP contribution is -2.52. The van der Waals surface area contributed by atoms with Gasteiger partial charge < -0.3 is 10.2 Å². The standard InChI is InChI=1S/C13H19F3N2O2/c14-13(15,16)12(9-4-1-2-5-9)17-10(19)8-18-7-3-6-11(18)20/h9,12H,1-8H2,(H,17,19)/t12-/m0/s1. The van der Waals surface area contributed by atoms with E-state index < -0.39 is 24.0 Å². The van der Waals surface area contributed by atoms with E-state index in [0.29, 0.717) is 32.2 Å². The van der Waals surface area contributed by atoms with Crippen molar-refractivity contribution in [1.29, 1.82) is 0 Å². The molecular weight excluding hydrogens is 273 g/mol. The van der Waals surface area contributed by atoms with Gasteiger partial charge in [-0.15, -0.1) is 0 Å².